The smallest absolute Gasteiger partial charge is 0.312 e. The number of likely N-dealkylation sites (N-methyl/N-ethyl adjacent to an activating group) is 1. The number of carbonyl (C=O) groups excluding carboxylic acids is 2. The monoisotopic (exact) mass is 381 g/mol. The molecule has 0 aliphatic heterocycles. The standard InChI is InChI=1S/C15H28BrNO5/c1-14(2,12(19)21-8-6-17(4)5)10-15(3,11-16)13(20)22-9-7-18/h18H,6-11H2,1-5H3. The van der Waals surface area contributed by atoms with Gasteiger partial charge in [-0.25, -0.2) is 0 Å². The highest BCUT2D eigenvalue weighted by Gasteiger charge is 2.43. The van der Waals surface area contributed by atoms with E-state index in [4.69, 9.17) is 14.6 Å². The van der Waals surface area contributed by atoms with Crippen molar-refractivity contribution in [3.05, 3.63) is 0 Å². The Hall–Kier alpha value is -0.660. The number of hydrogen-bond donors (Lipinski definition) is 1. The number of aliphatic hydroxyl groups excluding tert-OH is 1. The SMILES string of the molecule is CN(C)CCOC(=O)C(C)(C)CC(C)(CBr)C(=O)OCCO. The van der Waals surface area contributed by atoms with Crippen molar-refractivity contribution in [3.63, 3.8) is 0 Å². The van der Waals surface area contributed by atoms with Crippen molar-refractivity contribution >= 4 is 27.9 Å². The van der Waals surface area contributed by atoms with E-state index in [-0.39, 0.29) is 25.6 Å². The van der Waals surface area contributed by atoms with Gasteiger partial charge in [-0.2, -0.15) is 0 Å². The van der Waals surface area contributed by atoms with E-state index in [9.17, 15) is 9.59 Å². The lowest BCUT2D eigenvalue weighted by Gasteiger charge is -2.33. The summed E-state index contributed by atoms with van der Waals surface area (Å²) in [4.78, 5) is 26.3. The maximum absolute atomic E-state index is 12.2. The highest BCUT2D eigenvalue weighted by atomic mass is 79.9. The first-order valence-electron chi connectivity index (χ1n) is 7.25. The van der Waals surface area contributed by atoms with Crippen molar-refractivity contribution in [3.8, 4) is 0 Å². The largest absolute Gasteiger partial charge is 0.464 e. The van der Waals surface area contributed by atoms with Gasteiger partial charge in [0.05, 0.1) is 17.4 Å². The zero-order valence-electron chi connectivity index (χ0n) is 14.1. The lowest BCUT2D eigenvalue weighted by molar-refractivity contribution is -0.162. The van der Waals surface area contributed by atoms with Gasteiger partial charge in [0.2, 0.25) is 0 Å². The summed E-state index contributed by atoms with van der Waals surface area (Å²) in [5.41, 5.74) is -1.67. The molecule has 0 aromatic heterocycles. The van der Waals surface area contributed by atoms with Gasteiger partial charge in [0.25, 0.3) is 0 Å². The molecule has 22 heavy (non-hydrogen) atoms. The Morgan fingerprint density at radius 1 is 1.09 bits per heavy atom. The molecule has 0 heterocycles. The summed E-state index contributed by atoms with van der Waals surface area (Å²) in [5, 5.41) is 9.11. The van der Waals surface area contributed by atoms with Crippen LogP contribution in [0.3, 0.4) is 0 Å². The minimum absolute atomic E-state index is 0.0465. The predicted octanol–water partition coefficient (Wildman–Crippen LogP) is 1.44. The van der Waals surface area contributed by atoms with Gasteiger partial charge < -0.3 is 19.5 Å². The molecule has 0 saturated heterocycles. The molecular formula is C15H28BrNO5. The summed E-state index contributed by atoms with van der Waals surface area (Å²) in [7, 11) is 3.80. The van der Waals surface area contributed by atoms with Crippen LogP contribution in [0.1, 0.15) is 27.2 Å². The van der Waals surface area contributed by atoms with Crippen molar-refractivity contribution in [2.75, 3.05) is 45.8 Å². The molecule has 0 rings (SSSR count). The van der Waals surface area contributed by atoms with Gasteiger partial charge in [0.15, 0.2) is 0 Å². The van der Waals surface area contributed by atoms with E-state index < -0.39 is 16.8 Å². The fraction of sp³-hybridized carbons (Fsp3) is 0.867. The van der Waals surface area contributed by atoms with Crippen molar-refractivity contribution in [1.82, 2.24) is 4.90 Å². The number of nitrogens with zero attached hydrogens (tertiary/aromatic N) is 1. The van der Waals surface area contributed by atoms with E-state index in [1.807, 2.05) is 19.0 Å². The number of ether oxygens (including phenoxy) is 2. The second-order valence-electron chi connectivity index (χ2n) is 6.55. The second-order valence-corrected chi connectivity index (χ2v) is 7.11. The number of esters is 2. The van der Waals surface area contributed by atoms with Crippen LogP contribution in [0.5, 0.6) is 0 Å². The van der Waals surface area contributed by atoms with Crippen LogP contribution < -0.4 is 0 Å². The van der Waals surface area contributed by atoms with E-state index in [1.54, 1.807) is 20.8 Å². The first-order chi connectivity index (χ1) is 10.1. The van der Waals surface area contributed by atoms with Crippen LogP contribution in [0.25, 0.3) is 0 Å². The molecule has 0 aliphatic rings. The molecule has 0 saturated carbocycles. The maximum atomic E-state index is 12.2. The van der Waals surface area contributed by atoms with Crippen LogP contribution >= 0.6 is 15.9 Å². The molecule has 7 heteroatoms. The first-order valence-corrected chi connectivity index (χ1v) is 8.37. The van der Waals surface area contributed by atoms with E-state index >= 15 is 0 Å². The van der Waals surface area contributed by atoms with Crippen LogP contribution in [-0.2, 0) is 19.1 Å². The zero-order chi connectivity index (χ0) is 17.4. The molecule has 0 aromatic carbocycles. The third kappa shape index (κ3) is 7.07. The predicted molar refractivity (Wildman–Crippen MR) is 87.9 cm³/mol. The third-order valence-electron chi connectivity index (χ3n) is 3.27. The van der Waals surface area contributed by atoms with Crippen molar-refractivity contribution < 1.29 is 24.2 Å². The first kappa shape index (κ1) is 21.3. The Kier molecular flexibility index (Phi) is 9.19. The average Bonchev–Trinajstić information content (AvgIpc) is 2.43. The molecule has 1 unspecified atom stereocenters. The van der Waals surface area contributed by atoms with E-state index in [0.29, 0.717) is 18.5 Å². The van der Waals surface area contributed by atoms with E-state index in [2.05, 4.69) is 15.9 Å². The molecule has 0 aromatic rings. The summed E-state index contributed by atoms with van der Waals surface area (Å²) in [6.07, 6.45) is 0.288. The highest BCUT2D eigenvalue weighted by molar-refractivity contribution is 9.09. The molecule has 0 spiro atoms. The Labute approximate surface area is 141 Å². The van der Waals surface area contributed by atoms with Crippen LogP contribution in [0.2, 0.25) is 0 Å². The zero-order valence-corrected chi connectivity index (χ0v) is 15.7. The Morgan fingerprint density at radius 3 is 2.09 bits per heavy atom. The van der Waals surface area contributed by atoms with Gasteiger partial charge >= 0.3 is 11.9 Å². The van der Waals surface area contributed by atoms with Crippen LogP contribution in [0.15, 0.2) is 0 Å². The Morgan fingerprint density at radius 2 is 1.64 bits per heavy atom. The summed E-state index contributed by atoms with van der Waals surface area (Å²) in [6, 6.07) is 0. The fourth-order valence-electron chi connectivity index (χ4n) is 2.05. The molecule has 0 amide bonds. The molecule has 0 bridgehead atoms. The second kappa shape index (κ2) is 9.47. The van der Waals surface area contributed by atoms with Gasteiger partial charge in [-0.15, -0.1) is 0 Å². The molecule has 130 valence electrons. The quantitative estimate of drug-likeness (QED) is 0.455. The van der Waals surface area contributed by atoms with Gasteiger partial charge in [0, 0.05) is 11.9 Å². The van der Waals surface area contributed by atoms with E-state index in [0.717, 1.165) is 0 Å². The Balaban J connectivity index is 4.74. The number of hydrogen-bond acceptors (Lipinski definition) is 6. The molecule has 0 fully saturated rings. The van der Waals surface area contributed by atoms with Gasteiger partial charge in [-0.1, -0.05) is 15.9 Å². The van der Waals surface area contributed by atoms with E-state index in [1.165, 1.54) is 0 Å². The van der Waals surface area contributed by atoms with Crippen LogP contribution in [0, 0.1) is 10.8 Å². The van der Waals surface area contributed by atoms with Crippen molar-refractivity contribution in [1.29, 1.82) is 0 Å². The molecule has 0 aliphatic carbocycles. The summed E-state index contributed by atoms with van der Waals surface area (Å²) in [5.74, 6) is -0.774. The lowest BCUT2D eigenvalue weighted by Crippen LogP contribution is -2.40. The number of rotatable bonds is 10. The normalized spacial score (nSPS) is 14.5. The maximum Gasteiger partial charge on any atom is 0.312 e. The molecule has 1 N–H and O–H groups in total. The molecule has 1 atom stereocenters. The van der Waals surface area contributed by atoms with Crippen LogP contribution in [-0.4, -0.2) is 67.7 Å². The van der Waals surface area contributed by atoms with Gasteiger partial charge in [-0.05, 0) is 41.3 Å². The van der Waals surface area contributed by atoms with Crippen LogP contribution in [0.4, 0.5) is 0 Å². The molecular weight excluding hydrogens is 354 g/mol. The minimum atomic E-state index is -0.862. The number of alkyl halides is 1. The van der Waals surface area contributed by atoms with Gasteiger partial charge in [0.1, 0.15) is 13.2 Å². The summed E-state index contributed by atoms with van der Waals surface area (Å²) >= 11 is 3.32. The Bertz CT molecular complexity index is 373. The number of carbonyl (C=O) groups is 2. The average molecular weight is 382 g/mol. The summed E-state index contributed by atoms with van der Waals surface area (Å²) in [6.45, 7) is 5.94. The molecule has 0 radical (unpaired) electrons. The third-order valence-corrected chi connectivity index (χ3v) is 4.51. The van der Waals surface area contributed by atoms with Crippen molar-refractivity contribution in [2.24, 2.45) is 10.8 Å². The fourth-order valence-corrected chi connectivity index (χ4v) is 2.48. The topological polar surface area (TPSA) is 76.1 Å². The minimum Gasteiger partial charge on any atom is -0.464 e. The molecule has 6 nitrogen and oxygen atoms in total. The van der Waals surface area contributed by atoms with Crippen molar-refractivity contribution in [2.45, 2.75) is 27.2 Å². The highest BCUT2D eigenvalue weighted by Crippen LogP contribution is 2.37. The number of aliphatic hydroxyl groups is 1. The summed E-state index contributed by atoms with van der Waals surface area (Å²) < 4.78 is 10.3. The lowest BCUT2D eigenvalue weighted by atomic mass is 9.75. The van der Waals surface area contributed by atoms with Gasteiger partial charge in [-0.3, -0.25) is 9.59 Å². The number of halogens is 1.